The number of hydrogen-bond acceptors (Lipinski definition) is 3. The van der Waals surface area contributed by atoms with E-state index in [0.717, 1.165) is 16.3 Å². The van der Waals surface area contributed by atoms with E-state index in [9.17, 15) is 4.79 Å². The Hall–Kier alpha value is -1.39. The summed E-state index contributed by atoms with van der Waals surface area (Å²) in [5, 5.41) is 1.49. The molecule has 0 aliphatic heterocycles. The van der Waals surface area contributed by atoms with E-state index >= 15 is 0 Å². The average Bonchev–Trinajstić information content (AvgIpc) is 2.70. The summed E-state index contributed by atoms with van der Waals surface area (Å²) in [6.07, 6.45) is 0. The van der Waals surface area contributed by atoms with E-state index in [0.29, 0.717) is 9.90 Å². The predicted molar refractivity (Wildman–Crippen MR) is 75.3 cm³/mol. The Morgan fingerprint density at radius 3 is 2.72 bits per heavy atom. The second kappa shape index (κ2) is 5.08. The van der Waals surface area contributed by atoms with Crippen LogP contribution in [0.1, 0.15) is 15.4 Å². The van der Waals surface area contributed by atoms with Crippen LogP contribution in [0.15, 0.2) is 24.3 Å². The van der Waals surface area contributed by atoms with Crippen LogP contribution in [0.3, 0.4) is 0 Å². The van der Waals surface area contributed by atoms with E-state index in [1.54, 1.807) is 19.0 Å². The van der Waals surface area contributed by atoms with Crippen molar-refractivity contribution in [3.8, 4) is 10.6 Å². The van der Waals surface area contributed by atoms with Gasteiger partial charge in [0.25, 0.3) is 5.91 Å². The van der Waals surface area contributed by atoms with Crippen molar-refractivity contribution in [1.29, 1.82) is 0 Å². The highest BCUT2D eigenvalue weighted by molar-refractivity contribution is 7.17. The SMILES string of the molecule is Cc1nc(-c2cccc(Cl)c2)sc1C(=O)N(C)C. The Bertz CT molecular complexity index is 592. The minimum Gasteiger partial charge on any atom is -0.344 e. The fourth-order valence-electron chi connectivity index (χ4n) is 1.54. The molecule has 0 aliphatic rings. The number of aromatic nitrogens is 1. The molecule has 18 heavy (non-hydrogen) atoms. The minimum atomic E-state index is -0.0155. The Morgan fingerprint density at radius 1 is 1.39 bits per heavy atom. The van der Waals surface area contributed by atoms with E-state index in [2.05, 4.69) is 4.98 Å². The summed E-state index contributed by atoms with van der Waals surface area (Å²) in [5.41, 5.74) is 1.70. The van der Waals surface area contributed by atoms with Gasteiger partial charge in [-0.3, -0.25) is 4.79 Å². The zero-order valence-electron chi connectivity index (χ0n) is 10.4. The van der Waals surface area contributed by atoms with E-state index in [1.165, 1.54) is 11.3 Å². The van der Waals surface area contributed by atoms with Gasteiger partial charge in [-0.15, -0.1) is 11.3 Å². The van der Waals surface area contributed by atoms with Crippen LogP contribution in [0, 0.1) is 6.92 Å². The molecule has 5 heteroatoms. The van der Waals surface area contributed by atoms with Crippen molar-refractivity contribution < 1.29 is 4.79 Å². The van der Waals surface area contributed by atoms with Crippen molar-refractivity contribution in [2.24, 2.45) is 0 Å². The zero-order chi connectivity index (χ0) is 13.3. The quantitative estimate of drug-likeness (QED) is 0.844. The maximum atomic E-state index is 11.9. The molecule has 94 valence electrons. The largest absolute Gasteiger partial charge is 0.344 e. The zero-order valence-corrected chi connectivity index (χ0v) is 12.0. The molecule has 0 bridgehead atoms. The number of hydrogen-bond donors (Lipinski definition) is 0. The summed E-state index contributed by atoms with van der Waals surface area (Å²) in [4.78, 5) is 18.6. The van der Waals surface area contributed by atoms with Crippen molar-refractivity contribution in [3.05, 3.63) is 39.9 Å². The van der Waals surface area contributed by atoms with Gasteiger partial charge in [-0.25, -0.2) is 4.98 Å². The Balaban J connectivity index is 2.43. The molecule has 0 N–H and O–H groups in total. The molecule has 0 saturated heterocycles. The van der Waals surface area contributed by atoms with Gasteiger partial charge in [-0.2, -0.15) is 0 Å². The first-order valence-corrected chi connectivity index (χ1v) is 6.63. The number of rotatable bonds is 2. The lowest BCUT2D eigenvalue weighted by atomic mass is 10.2. The van der Waals surface area contributed by atoms with Gasteiger partial charge >= 0.3 is 0 Å². The van der Waals surface area contributed by atoms with Gasteiger partial charge in [0.05, 0.1) is 5.69 Å². The van der Waals surface area contributed by atoms with Gasteiger partial charge in [0, 0.05) is 24.7 Å². The molecule has 0 radical (unpaired) electrons. The van der Waals surface area contributed by atoms with Crippen LogP contribution in [-0.4, -0.2) is 29.9 Å². The van der Waals surface area contributed by atoms with Gasteiger partial charge in [-0.1, -0.05) is 23.7 Å². The van der Waals surface area contributed by atoms with Gasteiger partial charge in [0.1, 0.15) is 9.88 Å². The number of amides is 1. The number of benzene rings is 1. The fourth-order valence-corrected chi connectivity index (χ4v) is 2.82. The molecule has 3 nitrogen and oxygen atoms in total. The van der Waals surface area contributed by atoms with E-state index in [-0.39, 0.29) is 5.91 Å². The van der Waals surface area contributed by atoms with Crippen LogP contribution in [0.25, 0.3) is 10.6 Å². The van der Waals surface area contributed by atoms with Crippen molar-refractivity contribution in [2.75, 3.05) is 14.1 Å². The molecule has 0 unspecified atom stereocenters. The molecular weight excluding hydrogens is 268 g/mol. The number of halogens is 1. The maximum Gasteiger partial charge on any atom is 0.265 e. The number of aryl methyl sites for hydroxylation is 1. The molecule has 1 aromatic heterocycles. The highest BCUT2D eigenvalue weighted by Crippen LogP contribution is 2.29. The van der Waals surface area contributed by atoms with Crippen LogP contribution in [0.4, 0.5) is 0 Å². The van der Waals surface area contributed by atoms with E-state index in [1.807, 2.05) is 31.2 Å². The van der Waals surface area contributed by atoms with Crippen molar-refractivity contribution in [3.63, 3.8) is 0 Å². The molecule has 1 aromatic carbocycles. The second-order valence-corrected chi connectivity index (χ2v) is 5.58. The summed E-state index contributed by atoms with van der Waals surface area (Å²) < 4.78 is 0. The number of thiazole rings is 1. The lowest BCUT2D eigenvalue weighted by molar-refractivity contribution is 0.0831. The van der Waals surface area contributed by atoms with Crippen LogP contribution in [0.2, 0.25) is 5.02 Å². The minimum absolute atomic E-state index is 0.0155. The molecule has 0 aliphatic carbocycles. The van der Waals surface area contributed by atoms with Gasteiger partial charge in [0.2, 0.25) is 0 Å². The fraction of sp³-hybridized carbons (Fsp3) is 0.231. The molecular formula is C13H13ClN2OS. The molecule has 0 atom stereocenters. The molecule has 0 saturated carbocycles. The third-order valence-corrected chi connectivity index (χ3v) is 3.90. The van der Waals surface area contributed by atoms with Crippen molar-refractivity contribution in [2.45, 2.75) is 6.92 Å². The topological polar surface area (TPSA) is 33.2 Å². The molecule has 0 fully saturated rings. The maximum absolute atomic E-state index is 11.9. The van der Waals surface area contributed by atoms with Crippen LogP contribution in [0.5, 0.6) is 0 Å². The second-order valence-electron chi connectivity index (χ2n) is 4.14. The number of carbonyl (C=O) groups excluding carboxylic acids is 1. The third kappa shape index (κ3) is 2.54. The first kappa shape index (κ1) is 13.1. The number of carbonyl (C=O) groups is 1. The molecule has 2 aromatic rings. The summed E-state index contributed by atoms with van der Waals surface area (Å²) in [7, 11) is 3.47. The third-order valence-electron chi connectivity index (χ3n) is 2.47. The van der Waals surface area contributed by atoms with Crippen LogP contribution >= 0.6 is 22.9 Å². The highest BCUT2D eigenvalue weighted by atomic mass is 35.5. The first-order chi connectivity index (χ1) is 8.49. The van der Waals surface area contributed by atoms with Gasteiger partial charge < -0.3 is 4.90 Å². The summed E-state index contributed by atoms with van der Waals surface area (Å²) >= 11 is 7.35. The summed E-state index contributed by atoms with van der Waals surface area (Å²) in [6, 6.07) is 7.48. The molecule has 0 spiro atoms. The smallest absolute Gasteiger partial charge is 0.265 e. The van der Waals surface area contributed by atoms with E-state index in [4.69, 9.17) is 11.6 Å². The molecule has 1 heterocycles. The molecule has 2 rings (SSSR count). The lowest BCUT2D eigenvalue weighted by Crippen LogP contribution is -2.21. The van der Waals surface area contributed by atoms with Crippen molar-refractivity contribution in [1.82, 2.24) is 9.88 Å². The van der Waals surface area contributed by atoms with E-state index < -0.39 is 0 Å². The Labute approximate surface area is 115 Å². The first-order valence-electron chi connectivity index (χ1n) is 5.44. The summed E-state index contributed by atoms with van der Waals surface area (Å²) in [5.74, 6) is -0.0155. The van der Waals surface area contributed by atoms with Crippen LogP contribution in [-0.2, 0) is 0 Å². The average molecular weight is 281 g/mol. The van der Waals surface area contributed by atoms with Crippen molar-refractivity contribution >= 4 is 28.8 Å². The lowest BCUT2D eigenvalue weighted by Gasteiger charge is -2.07. The molecule has 1 amide bonds. The van der Waals surface area contributed by atoms with Gasteiger partial charge in [-0.05, 0) is 19.1 Å². The summed E-state index contributed by atoms with van der Waals surface area (Å²) in [6.45, 7) is 1.85. The van der Waals surface area contributed by atoms with Gasteiger partial charge in [0.15, 0.2) is 0 Å². The predicted octanol–water partition coefficient (Wildman–Crippen LogP) is 3.47. The van der Waals surface area contributed by atoms with Crippen LogP contribution < -0.4 is 0 Å². The Morgan fingerprint density at radius 2 is 2.11 bits per heavy atom. The standard InChI is InChI=1S/C13H13ClN2OS/c1-8-11(13(17)16(2)3)18-12(15-8)9-5-4-6-10(14)7-9/h4-7H,1-3H3. The number of nitrogens with zero attached hydrogens (tertiary/aromatic N) is 2. The monoisotopic (exact) mass is 280 g/mol. The normalized spacial score (nSPS) is 10.4. The Kier molecular flexibility index (Phi) is 3.68. The highest BCUT2D eigenvalue weighted by Gasteiger charge is 2.17.